The van der Waals surface area contributed by atoms with Gasteiger partial charge in [-0.2, -0.15) is 23.4 Å². The number of hydrogen-bond acceptors (Lipinski definition) is 7. The molecule has 0 N–H and O–H groups in total. The lowest BCUT2D eigenvalue weighted by molar-refractivity contribution is -0.140. The van der Waals surface area contributed by atoms with E-state index >= 15 is 0 Å². The average Bonchev–Trinajstić information content (AvgIpc) is 3.23. The summed E-state index contributed by atoms with van der Waals surface area (Å²) in [5, 5.41) is 9.50. The van der Waals surface area contributed by atoms with E-state index in [9.17, 15) is 27.6 Å². The molecule has 186 valence electrons. The lowest BCUT2D eigenvalue weighted by Gasteiger charge is -2.30. The van der Waals surface area contributed by atoms with E-state index < -0.39 is 23.2 Å². The van der Waals surface area contributed by atoms with Crippen LogP contribution in [0.15, 0.2) is 47.3 Å². The van der Waals surface area contributed by atoms with Crippen LogP contribution in [0.5, 0.6) is 17.4 Å². The lowest BCUT2D eigenvalue weighted by Crippen LogP contribution is -2.43. The molecule has 0 bridgehead atoms. The first-order chi connectivity index (χ1) is 17.2. The molecule has 2 aliphatic rings. The van der Waals surface area contributed by atoms with Gasteiger partial charge in [-0.15, -0.1) is 0 Å². The zero-order valence-electron chi connectivity index (χ0n) is 18.6. The first kappa shape index (κ1) is 23.6. The largest absolute Gasteiger partial charge is 0.473 e. The number of nitriles is 1. The van der Waals surface area contributed by atoms with E-state index in [4.69, 9.17) is 14.2 Å². The molecule has 1 unspecified atom stereocenters. The van der Waals surface area contributed by atoms with Crippen molar-refractivity contribution in [2.45, 2.75) is 25.4 Å². The summed E-state index contributed by atoms with van der Waals surface area (Å²) < 4.78 is 70.6. The Morgan fingerprint density at radius 2 is 2.03 bits per heavy atom. The van der Waals surface area contributed by atoms with Crippen molar-refractivity contribution in [1.82, 2.24) is 9.55 Å². The fourth-order valence-electron chi connectivity index (χ4n) is 4.19. The summed E-state index contributed by atoms with van der Waals surface area (Å²) in [6.07, 6.45) is -4.89. The third-order valence-electron chi connectivity index (χ3n) is 5.90. The molecule has 1 atom stereocenters. The third-order valence-corrected chi connectivity index (χ3v) is 5.90. The van der Waals surface area contributed by atoms with E-state index in [2.05, 4.69) is 9.88 Å². The van der Waals surface area contributed by atoms with Crippen LogP contribution in [0.25, 0.3) is 0 Å². The van der Waals surface area contributed by atoms with Gasteiger partial charge in [-0.05, 0) is 35.9 Å². The second kappa shape index (κ2) is 9.16. The number of aromatic nitrogens is 2. The number of nitrogens with zero attached hydrogens (tertiary/aromatic N) is 4. The highest BCUT2D eigenvalue weighted by Crippen LogP contribution is 2.35. The minimum Gasteiger partial charge on any atom is -0.473 e. The smallest absolute Gasteiger partial charge is 0.419 e. The van der Waals surface area contributed by atoms with Crippen LogP contribution in [0, 0.1) is 17.1 Å². The number of fused-ring (bicyclic) bond motifs is 3. The predicted molar refractivity (Wildman–Crippen MR) is 117 cm³/mol. The molecule has 12 heteroatoms. The van der Waals surface area contributed by atoms with Crippen molar-refractivity contribution in [2.75, 3.05) is 24.7 Å². The molecule has 1 saturated heterocycles. The van der Waals surface area contributed by atoms with Crippen LogP contribution in [0.3, 0.4) is 0 Å². The first-order valence-electron chi connectivity index (χ1n) is 10.9. The molecular formula is C24H18F4N4O4. The molecule has 2 aliphatic heterocycles. The van der Waals surface area contributed by atoms with Gasteiger partial charge in [-0.3, -0.25) is 4.57 Å². The highest BCUT2D eigenvalue weighted by Gasteiger charge is 2.35. The molecule has 3 heterocycles. The standard InChI is InChI=1S/C24H18F4N4O4/c25-19-3-2-17(8-18(19)24(26,27)28)36-20-4-1-14(7-15(20)10-29)12-35-21-9-22-31-5-6-34-13-16(31)11-32(22)23(33)30-21/h1-4,7-9,16H,5-6,11-13H2. The van der Waals surface area contributed by atoms with Gasteiger partial charge in [-0.1, -0.05) is 6.07 Å². The van der Waals surface area contributed by atoms with E-state index in [1.54, 1.807) is 16.7 Å². The molecule has 0 radical (unpaired) electrons. The van der Waals surface area contributed by atoms with Gasteiger partial charge in [0.2, 0.25) is 5.88 Å². The molecule has 0 spiro atoms. The molecule has 36 heavy (non-hydrogen) atoms. The summed E-state index contributed by atoms with van der Waals surface area (Å²) in [5.41, 5.74) is -1.33. The molecule has 1 fully saturated rings. The van der Waals surface area contributed by atoms with E-state index in [-0.39, 0.29) is 35.6 Å². The zero-order valence-corrected chi connectivity index (χ0v) is 18.6. The normalized spacial score (nSPS) is 16.8. The maximum Gasteiger partial charge on any atom is 0.419 e. The maximum atomic E-state index is 13.5. The van der Waals surface area contributed by atoms with Gasteiger partial charge in [-0.25, -0.2) is 9.18 Å². The van der Waals surface area contributed by atoms with Gasteiger partial charge < -0.3 is 19.1 Å². The van der Waals surface area contributed by atoms with Crippen molar-refractivity contribution in [3.05, 3.63) is 75.5 Å². The first-order valence-corrected chi connectivity index (χ1v) is 10.9. The second-order valence-electron chi connectivity index (χ2n) is 8.24. The minimum atomic E-state index is -4.89. The van der Waals surface area contributed by atoms with E-state index in [0.29, 0.717) is 49.8 Å². The lowest BCUT2D eigenvalue weighted by atomic mass is 10.1. The Hall–Kier alpha value is -4.11. The predicted octanol–water partition coefficient (Wildman–Crippen LogP) is 3.86. The molecule has 0 amide bonds. The van der Waals surface area contributed by atoms with Crippen LogP contribution < -0.4 is 20.1 Å². The number of rotatable bonds is 5. The van der Waals surface area contributed by atoms with Gasteiger partial charge >= 0.3 is 11.9 Å². The Kier molecular flexibility index (Phi) is 6.01. The van der Waals surface area contributed by atoms with Gasteiger partial charge in [0, 0.05) is 12.6 Å². The van der Waals surface area contributed by atoms with Gasteiger partial charge in [0.1, 0.15) is 35.8 Å². The Labute approximate surface area is 201 Å². The molecule has 1 aromatic heterocycles. The monoisotopic (exact) mass is 502 g/mol. The molecule has 2 aromatic carbocycles. The van der Waals surface area contributed by atoms with Crippen LogP contribution in [0.1, 0.15) is 16.7 Å². The summed E-state index contributed by atoms with van der Waals surface area (Å²) >= 11 is 0. The van der Waals surface area contributed by atoms with Crippen LogP contribution in [0.4, 0.5) is 23.4 Å². The third kappa shape index (κ3) is 4.57. The Bertz CT molecular complexity index is 1420. The van der Waals surface area contributed by atoms with Gasteiger partial charge in [0.25, 0.3) is 0 Å². The van der Waals surface area contributed by atoms with Crippen LogP contribution in [-0.2, 0) is 24.1 Å². The number of ether oxygens (including phenoxy) is 3. The number of alkyl halides is 3. The number of anilines is 1. The van der Waals surface area contributed by atoms with Gasteiger partial charge in [0.15, 0.2) is 0 Å². The molecule has 5 rings (SSSR count). The van der Waals surface area contributed by atoms with Crippen molar-refractivity contribution in [1.29, 1.82) is 5.26 Å². The zero-order chi connectivity index (χ0) is 25.4. The number of morpholine rings is 1. The molecule has 3 aromatic rings. The van der Waals surface area contributed by atoms with Crippen LogP contribution in [-0.4, -0.2) is 35.4 Å². The van der Waals surface area contributed by atoms with E-state index in [1.807, 2.05) is 6.07 Å². The Morgan fingerprint density at radius 1 is 1.19 bits per heavy atom. The Balaban J connectivity index is 1.32. The van der Waals surface area contributed by atoms with Crippen LogP contribution in [0.2, 0.25) is 0 Å². The summed E-state index contributed by atoms with van der Waals surface area (Å²) in [4.78, 5) is 18.5. The quantitative estimate of drug-likeness (QED) is 0.490. The SMILES string of the molecule is N#Cc1cc(COc2cc3n(c(=O)n2)CC2COCCN32)ccc1Oc1ccc(F)c(C(F)(F)F)c1. The number of hydrogen-bond donors (Lipinski definition) is 0. The van der Waals surface area contributed by atoms with Crippen molar-refractivity contribution < 1.29 is 31.8 Å². The maximum absolute atomic E-state index is 13.5. The molecule has 8 nitrogen and oxygen atoms in total. The van der Waals surface area contributed by atoms with Crippen molar-refractivity contribution in [2.24, 2.45) is 0 Å². The number of halogens is 4. The fourth-order valence-corrected chi connectivity index (χ4v) is 4.19. The van der Waals surface area contributed by atoms with Gasteiger partial charge in [0.05, 0.1) is 36.9 Å². The topological polar surface area (TPSA) is 89.6 Å². The number of benzene rings is 2. The fraction of sp³-hybridized carbons (Fsp3) is 0.292. The summed E-state index contributed by atoms with van der Waals surface area (Å²) in [6, 6.07) is 10.3. The molecule has 0 aliphatic carbocycles. The summed E-state index contributed by atoms with van der Waals surface area (Å²) in [5.74, 6) is -0.867. The van der Waals surface area contributed by atoms with Crippen molar-refractivity contribution in [3.8, 4) is 23.4 Å². The average molecular weight is 502 g/mol. The minimum absolute atomic E-state index is 0.00626. The summed E-state index contributed by atoms with van der Waals surface area (Å²) in [6.45, 7) is 2.21. The summed E-state index contributed by atoms with van der Waals surface area (Å²) in [7, 11) is 0. The highest BCUT2D eigenvalue weighted by molar-refractivity contribution is 5.49. The Morgan fingerprint density at radius 3 is 2.81 bits per heavy atom. The molecule has 0 saturated carbocycles. The highest BCUT2D eigenvalue weighted by atomic mass is 19.4. The second-order valence-corrected chi connectivity index (χ2v) is 8.24. The van der Waals surface area contributed by atoms with E-state index in [1.165, 1.54) is 12.1 Å². The van der Waals surface area contributed by atoms with Crippen LogP contribution >= 0.6 is 0 Å². The van der Waals surface area contributed by atoms with Crippen molar-refractivity contribution >= 4 is 5.82 Å². The van der Waals surface area contributed by atoms with E-state index in [0.717, 1.165) is 6.07 Å². The van der Waals surface area contributed by atoms with Crippen molar-refractivity contribution in [3.63, 3.8) is 0 Å². The molecular weight excluding hydrogens is 484 g/mol.